The van der Waals surface area contributed by atoms with Crippen molar-refractivity contribution in [1.82, 2.24) is 10.3 Å². The fourth-order valence-corrected chi connectivity index (χ4v) is 2.87. The first-order valence-corrected chi connectivity index (χ1v) is 7.53. The zero-order chi connectivity index (χ0) is 15.6. The lowest BCUT2D eigenvalue weighted by Gasteiger charge is -2.09. The molecule has 114 valence electrons. The highest BCUT2D eigenvalue weighted by Crippen LogP contribution is 2.37. The highest BCUT2D eigenvalue weighted by Gasteiger charge is 2.37. The maximum Gasteiger partial charge on any atom is 0.434 e. The molecule has 0 aliphatic heterocycles. The molecule has 0 unspecified atom stereocenters. The first-order valence-electron chi connectivity index (χ1n) is 6.33. The van der Waals surface area contributed by atoms with Crippen LogP contribution in [0.5, 0.6) is 0 Å². The molecule has 0 fully saturated rings. The lowest BCUT2D eigenvalue weighted by molar-refractivity contribution is -0.141. The SMILES string of the molecule is CC(C)NCc1sc(-c2ccc(Cl)cc2)nc1C(F)(F)F. The average molecular weight is 335 g/mol. The third-order valence-corrected chi connectivity index (χ3v) is 4.08. The Morgan fingerprint density at radius 3 is 2.38 bits per heavy atom. The number of benzene rings is 1. The van der Waals surface area contributed by atoms with Crippen molar-refractivity contribution in [1.29, 1.82) is 0 Å². The molecule has 2 rings (SSSR count). The van der Waals surface area contributed by atoms with E-state index in [-0.39, 0.29) is 17.5 Å². The number of alkyl halides is 3. The summed E-state index contributed by atoms with van der Waals surface area (Å²) in [7, 11) is 0. The van der Waals surface area contributed by atoms with Crippen molar-refractivity contribution >= 4 is 22.9 Å². The van der Waals surface area contributed by atoms with Crippen LogP contribution in [0.2, 0.25) is 5.02 Å². The number of hydrogen-bond donors (Lipinski definition) is 1. The van der Waals surface area contributed by atoms with Crippen LogP contribution in [0, 0.1) is 0 Å². The molecule has 0 aliphatic carbocycles. The number of hydrogen-bond acceptors (Lipinski definition) is 3. The normalized spacial score (nSPS) is 12.1. The van der Waals surface area contributed by atoms with E-state index in [1.807, 2.05) is 13.8 Å². The molecule has 0 radical (unpaired) electrons. The fraction of sp³-hybridized carbons (Fsp3) is 0.357. The van der Waals surface area contributed by atoms with Gasteiger partial charge in [0.2, 0.25) is 0 Å². The third kappa shape index (κ3) is 4.18. The van der Waals surface area contributed by atoms with Gasteiger partial charge in [0, 0.05) is 23.2 Å². The van der Waals surface area contributed by atoms with Crippen LogP contribution in [0.1, 0.15) is 24.4 Å². The molecule has 1 heterocycles. The summed E-state index contributed by atoms with van der Waals surface area (Å²) in [6.07, 6.45) is -4.45. The van der Waals surface area contributed by atoms with E-state index in [4.69, 9.17) is 11.6 Å². The Balaban J connectivity index is 2.37. The molecule has 7 heteroatoms. The van der Waals surface area contributed by atoms with Gasteiger partial charge in [-0.05, 0) is 12.1 Å². The quantitative estimate of drug-likeness (QED) is 0.853. The molecule has 0 spiro atoms. The highest BCUT2D eigenvalue weighted by atomic mass is 35.5. The van der Waals surface area contributed by atoms with Gasteiger partial charge in [0.15, 0.2) is 5.69 Å². The molecule has 1 aromatic heterocycles. The zero-order valence-electron chi connectivity index (χ0n) is 11.5. The molecule has 0 saturated heterocycles. The van der Waals surface area contributed by atoms with E-state index in [2.05, 4.69) is 10.3 Å². The Bertz CT molecular complexity index is 606. The van der Waals surface area contributed by atoms with E-state index in [1.54, 1.807) is 24.3 Å². The Morgan fingerprint density at radius 1 is 1.24 bits per heavy atom. The zero-order valence-corrected chi connectivity index (χ0v) is 13.0. The molecule has 0 atom stereocenters. The van der Waals surface area contributed by atoms with Crippen LogP contribution >= 0.6 is 22.9 Å². The molecule has 1 aromatic carbocycles. The summed E-state index contributed by atoms with van der Waals surface area (Å²) in [5, 5.41) is 3.88. The van der Waals surface area contributed by atoms with Gasteiger partial charge >= 0.3 is 6.18 Å². The van der Waals surface area contributed by atoms with Gasteiger partial charge in [-0.1, -0.05) is 37.6 Å². The van der Waals surface area contributed by atoms with Crippen molar-refractivity contribution < 1.29 is 13.2 Å². The van der Waals surface area contributed by atoms with Gasteiger partial charge in [0.05, 0.1) is 4.88 Å². The van der Waals surface area contributed by atoms with Crippen molar-refractivity contribution in [3.63, 3.8) is 0 Å². The van der Waals surface area contributed by atoms with Gasteiger partial charge in [-0.3, -0.25) is 0 Å². The van der Waals surface area contributed by atoms with Crippen molar-refractivity contribution in [3.05, 3.63) is 39.9 Å². The van der Waals surface area contributed by atoms with Gasteiger partial charge in [-0.15, -0.1) is 11.3 Å². The monoisotopic (exact) mass is 334 g/mol. The second kappa shape index (κ2) is 6.34. The number of halogens is 4. The largest absolute Gasteiger partial charge is 0.434 e. The van der Waals surface area contributed by atoms with E-state index in [0.29, 0.717) is 15.6 Å². The predicted molar refractivity (Wildman–Crippen MR) is 79.5 cm³/mol. The molecule has 0 saturated carbocycles. The average Bonchev–Trinajstić information content (AvgIpc) is 2.81. The molecule has 1 N–H and O–H groups in total. The van der Waals surface area contributed by atoms with Gasteiger partial charge in [0.1, 0.15) is 5.01 Å². The van der Waals surface area contributed by atoms with Crippen LogP contribution in [0.4, 0.5) is 13.2 Å². The lowest BCUT2D eigenvalue weighted by atomic mass is 10.2. The molecular weight excluding hydrogens is 321 g/mol. The van der Waals surface area contributed by atoms with Crippen molar-refractivity contribution in [2.75, 3.05) is 0 Å². The van der Waals surface area contributed by atoms with E-state index in [9.17, 15) is 13.2 Å². The van der Waals surface area contributed by atoms with E-state index in [0.717, 1.165) is 11.3 Å². The van der Waals surface area contributed by atoms with Crippen LogP contribution < -0.4 is 5.32 Å². The van der Waals surface area contributed by atoms with Gasteiger partial charge in [0.25, 0.3) is 0 Å². The molecular formula is C14H14ClF3N2S. The first kappa shape index (κ1) is 16.3. The molecule has 0 aliphatic rings. The fourth-order valence-electron chi connectivity index (χ4n) is 1.71. The molecule has 0 bridgehead atoms. The summed E-state index contributed by atoms with van der Waals surface area (Å²) in [6, 6.07) is 6.71. The van der Waals surface area contributed by atoms with Crippen molar-refractivity contribution in [3.8, 4) is 10.6 Å². The van der Waals surface area contributed by atoms with Crippen molar-refractivity contribution in [2.45, 2.75) is 32.6 Å². The summed E-state index contributed by atoms with van der Waals surface area (Å²) in [5.41, 5.74) is -0.184. The summed E-state index contributed by atoms with van der Waals surface area (Å²) in [5.74, 6) is 0. The summed E-state index contributed by atoms with van der Waals surface area (Å²) >= 11 is 6.84. The molecule has 0 amide bonds. The van der Waals surface area contributed by atoms with Gasteiger partial charge < -0.3 is 5.32 Å². The van der Waals surface area contributed by atoms with Crippen LogP contribution in [-0.2, 0) is 12.7 Å². The number of rotatable bonds is 4. The number of nitrogens with zero attached hydrogens (tertiary/aromatic N) is 1. The number of thiazole rings is 1. The predicted octanol–water partition coefficient (Wildman–Crippen LogP) is 4.98. The Labute approximate surface area is 130 Å². The Hall–Kier alpha value is -1.11. The second-order valence-electron chi connectivity index (χ2n) is 4.83. The minimum Gasteiger partial charge on any atom is -0.310 e. The van der Waals surface area contributed by atoms with Gasteiger partial charge in [-0.25, -0.2) is 4.98 Å². The van der Waals surface area contributed by atoms with Gasteiger partial charge in [-0.2, -0.15) is 13.2 Å². The van der Waals surface area contributed by atoms with E-state index < -0.39 is 11.9 Å². The minimum absolute atomic E-state index is 0.104. The summed E-state index contributed by atoms with van der Waals surface area (Å²) < 4.78 is 39.2. The van der Waals surface area contributed by atoms with E-state index in [1.165, 1.54) is 0 Å². The smallest absolute Gasteiger partial charge is 0.310 e. The standard InChI is InChI=1S/C14H14ClF3N2S/c1-8(2)19-7-11-12(14(16,17)18)20-13(21-11)9-3-5-10(15)6-4-9/h3-6,8,19H,7H2,1-2H3. The lowest BCUT2D eigenvalue weighted by Crippen LogP contribution is -2.23. The van der Waals surface area contributed by atoms with E-state index >= 15 is 0 Å². The van der Waals surface area contributed by atoms with Crippen LogP contribution in [0.25, 0.3) is 10.6 Å². The third-order valence-electron chi connectivity index (χ3n) is 2.73. The molecule has 2 nitrogen and oxygen atoms in total. The Kier molecular flexibility index (Phi) is 4.91. The topological polar surface area (TPSA) is 24.9 Å². The Morgan fingerprint density at radius 2 is 1.86 bits per heavy atom. The highest BCUT2D eigenvalue weighted by molar-refractivity contribution is 7.15. The molecule has 21 heavy (non-hydrogen) atoms. The second-order valence-corrected chi connectivity index (χ2v) is 6.35. The van der Waals surface area contributed by atoms with Crippen molar-refractivity contribution in [2.24, 2.45) is 0 Å². The maximum absolute atomic E-state index is 13.1. The maximum atomic E-state index is 13.1. The number of aromatic nitrogens is 1. The molecule has 2 aromatic rings. The van der Waals surface area contributed by atoms with Crippen LogP contribution in [0.3, 0.4) is 0 Å². The van der Waals surface area contributed by atoms with Crippen LogP contribution in [-0.4, -0.2) is 11.0 Å². The first-order chi connectivity index (χ1) is 9.77. The number of nitrogens with one attached hydrogen (secondary N) is 1. The minimum atomic E-state index is -4.45. The summed E-state index contributed by atoms with van der Waals surface area (Å²) in [4.78, 5) is 3.97. The summed E-state index contributed by atoms with van der Waals surface area (Å²) in [6.45, 7) is 3.92. The van der Waals surface area contributed by atoms with Crippen LogP contribution in [0.15, 0.2) is 24.3 Å².